The largest absolute Gasteiger partial charge is 0.334 e. The van der Waals surface area contributed by atoms with Crippen LogP contribution in [0.3, 0.4) is 0 Å². The summed E-state index contributed by atoms with van der Waals surface area (Å²) in [6.45, 7) is 0. The zero-order chi connectivity index (χ0) is 13.8. The van der Waals surface area contributed by atoms with Crippen LogP contribution in [0, 0.1) is 11.3 Å². The maximum atomic E-state index is 8.88. The summed E-state index contributed by atoms with van der Waals surface area (Å²) in [6.07, 6.45) is 0.349. The maximum Gasteiger partial charge on any atom is 0.258 e. The SMILES string of the molecule is N#CCc1ccccc1-c1nc(C2CSCCS2)no1. The number of nitrogens with zero attached hydrogens (tertiary/aromatic N) is 3. The van der Waals surface area contributed by atoms with Crippen molar-refractivity contribution in [3.8, 4) is 17.5 Å². The second-order valence-corrected chi connectivity index (χ2v) is 6.84. The first-order valence-corrected chi connectivity index (χ1v) is 8.57. The van der Waals surface area contributed by atoms with Crippen molar-refractivity contribution in [2.75, 3.05) is 17.3 Å². The van der Waals surface area contributed by atoms with E-state index in [1.54, 1.807) is 0 Å². The van der Waals surface area contributed by atoms with Gasteiger partial charge in [0.2, 0.25) is 0 Å². The highest BCUT2D eigenvalue weighted by Gasteiger charge is 2.22. The lowest BCUT2D eigenvalue weighted by Gasteiger charge is -2.16. The van der Waals surface area contributed by atoms with Gasteiger partial charge in [-0.25, -0.2) is 0 Å². The Labute approximate surface area is 125 Å². The number of aromatic nitrogens is 2. The molecule has 102 valence electrons. The molecular formula is C14H13N3OS2. The molecule has 0 amide bonds. The molecule has 1 fully saturated rings. The quantitative estimate of drug-likeness (QED) is 0.866. The van der Waals surface area contributed by atoms with Gasteiger partial charge in [-0.05, 0) is 11.6 Å². The van der Waals surface area contributed by atoms with Crippen LogP contribution < -0.4 is 0 Å². The highest BCUT2D eigenvalue weighted by atomic mass is 32.2. The molecule has 1 aliphatic heterocycles. The molecule has 3 rings (SSSR count). The Balaban J connectivity index is 1.88. The lowest BCUT2D eigenvalue weighted by atomic mass is 10.1. The number of rotatable bonds is 3. The molecule has 0 N–H and O–H groups in total. The van der Waals surface area contributed by atoms with Gasteiger partial charge in [-0.2, -0.15) is 22.0 Å². The van der Waals surface area contributed by atoms with Crippen LogP contribution in [0.4, 0.5) is 0 Å². The summed E-state index contributed by atoms with van der Waals surface area (Å²) in [6, 6.07) is 9.85. The summed E-state index contributed by atoms with van der Waals surface area (Å²) in [5.74, 6) is 4.64. The topological polar surface area (TPSA) is 62.7 Å². The number of nitriles is 1. The van der Waals surface area contributed by atoms with Gasteiger partial charge >= 0.3 is 0 Å². The first-order chi connectivity index (χ1) is 9.88. The van der Waals surface area contributed by atoms with Crippen LogP contribution in [0.1, 0.15) is 16.6 Å². The van der Waals surface area contributed by atoms with Crippen LogP contribution in [0.2, 0.25) is 0 Å². The highest BCUT2D eigenvalue weighted by molar-refractivity contribution is 8.06. The van der Waals surface area contributed by atoms with E-state index in [9.17, 15) is 0 Å². The molecule has 1 aromatic heterocycles. The second-order valence-electron chi connectivity index (χ2n) is 4.38. The van der Waals surface area contributed by atoms with Crippen LogP contribution in [0.25, 0.3) is 11.5 Å². The monoisotopic (exact) mass is 303 g/mol. The van der Waals surface area contributed by atoms with E-state index < -0.39 is 0 Å². The average molecular weight is 303 g/mol. The molecular weight excluding hydrogens is 290 g/mol. The molecule has 0 spiro atoms. The standard InChI is InChI=1S/C14H13N3OS2/c15-6-5-10-3-1-2-4-11(10)14-16-13(17-18-14)12-9-19-7-8-20-12/h1-4,12H,5,7-9H2. The van der Waals surface area contributed by atoms with Gasteiger partial charge in [-0.15, -0.1) is 11.8 Å². The molecule has 0 radical (unpaired) electrons. The van der Waals surface area contributed by atoms with Gasteiger partial charge in [-0.1, -0.05) is 23.4 Å². The first-order valence-electron chi connectivity index (χ1n) is 6.36. The number of hydrogen-bond donors (Lipinski definition) is 0. The van der Waals surface area contributed by atoms with Crippen molar-refractivity contribution in [3.63, 3.8) is 0 Å². The van der Waals surface area contributed by atoms with Crippen LogP contribution >= 0.6 is 23.5 Å². The van der Waals surface area contributed by atoms with Crippen molar-refractivity contribution in [1.82, 2.24) is 10.1 Å². The van der Waals surface area contributed by atoms with Gasteiger partial charge in [0.15, 0.2) is 5.82 Å². The minimum Gasteiger partial charge on any atom is -0.334 e. The molecule has 1 unspecified atom stereocenters. The third-order valence-corrected chi connectivity index (χ3v) is 5.81. The van der Waals surface area contributed by atoms with Crippen molar-refractivity contribution < 1.29 is 4.52 Å². The summed E-state index contributed by atoms with van der Waals surface area (Å²) in [5, 5.41) is 13.3. The van der Waals surface area contributed by atoms with Crippen molar-refractivity contribution in [2.24, 2.45) is 0 Å². The third kappa shape index (κ3) is 2.84. The average Bonchev–Trinajstić information content (AvgIpc) is 2.99. The molecule has 20 heavy (non-hydrogen) atoms. The molecule has 2 aromatic rings. The minimum atomic E-state index is 0.314. The number of thioether (sulfide) groups is 2. The van der Waals surface area contributed by atoms with Crippen LogP contribution in [0.5, 0.6) is 0 Å². The van der Waals surface area contributed by atoms with Gasteiger partial charge < -0.3 is 4.52 Å². The molecule has 0 bridgehead atoms. The smallest absolute Gasteiger partial charge is 0.258 e. The summed E-state index contributed by atoms with van der Waals surface area (Å²) in [4.78, 5) is 4.53. The second kappa shape index (κ2) is 6.33. The fourth-order valence-corrected chi connectivity index (χ4v) is 4.67. The van der Waals surface area contributed by atoms with Gasteiger partial charge in [0.1, 0.15) is 0 Å². The van der Waals surface area contributed by atoms with E-state index in [0.717, 1.165) is 28.5 Å². The van der Waals surface area contributed by atoms with Crippen LogP contribution in [-0.4, -0.2) is 27.4 Å². The molecule has 1 aliphatic rings. The van der Waals surface area contributed by atoms with E-state index in [0.29, 0.717) is 17.6 Å². The lowest BCUT2D eigenvalue weighted by molar-refractivity contribution is 0.422. The normalized spacial score (nSPS) is 18.6. The zero-order valence-electron chi connectivity index (χ0n) is 10.8. The minimum absolute atomic E-state index is 0.314. The summed E-state index contributed by atoms with van der Waals surface area (Å²) in [7, 11) is 0. The lowest BCUT2D eigenvalue weighted by Crippen LogP contribution is -2.07. The van der Waals surface area contributed by atoms with Crippen molar-refractivity contribution >= 4 is 23.5 Å². The molecule has 1 aromatic carbocycles. The predicted molar refractivity (Wildman–Crippen MR) is 81.6 cm³/mol. The van der Waals surface area contributed by atoms with Crippen LogP contribution in [0.15, 0.2) is 28.8 Å². The highest BCUT2D eigenvalue weighted by Crippen LogP contribution is 2.36. The molecule has 1 atom stereocenters. The molecule has 0 saturated carbocycles. The maximum absolute atomic E-state index is 8.88. The van der Waals surface area contributed by atoms with Gasteiger partial charge in [0, 0.05) is 22.8 Å². The molecule has 4 nitrogen and oxygen atoms in total. The van der Waals surface area contributed by atoms with E-state index in [4.69, 9.17) is 9.78 Å². The van der Waals surface area contributed by atoms with Crippen molar-refractivity contribution in [1.29, 1.82) is 5.26 Å². The Bertz CT molecular complexity index is 629. The van der Waals surface area contributed by atoms with Crippen molar-refractivity contribution in [3.05, 3.63) is 35.7 Å². The van der Waals surface area contributed by atoms with Crippen LogP contribution in [-0.2, 0) is 6.42 Å². The molecule has 1 saturated heterocycles. The van der Waals surface area contributed by atoms with E-state index in [1.165, 1.54) is 5.75 Å². The fourth-order valence-electron chi connectivity index (χ4n) is 2.08. The fraction of sp³-hybridized carbons (Fsp3) is 0.357. The van der Waals surface area contributed by atoms with Crippen molar-refractivity contribution in [2.45, 2.75) is 11.7 Å². The molecule has 6 heteroatoms. The van der Waals surface area contributed by atoms with E-state index in [1.807, 2.05) is 47.8 Å². The summed E-state index contributed by atoms with van der Waals surface area (Å²) >= 11 is 3.81. The van der Waals surface area contributed by atoms with Gasteiger partial charge in [0.25, 0.3) is 5.89 Å². The molecule has 0 aliphatic carbocycles. The van der Waals surface area contributed by atoms with Gasteiger partial charge in [0.05, 0.1) is 17.7 Å². The molecule has 2 heterocycles. The predicted octanol–water partition coefficient (Wildman–Crippen LogP) is 3.32. The van der Waals surface area contributed by atoms with E-state index in [-0.39, 0.29) is 0 Å². The summed E-state index contributed by atoms with van der Waals surface area (Å²) in [5.41, 5.74) is 1.79. The Morgan fingerprint density at radius 1 is 1.35 bits per heavy atom. The summed E-state index contributed by atoms with van der Waals surface area (Å²) < 4.78 is 5.40. The van der Waals surface area contributed by atoms with E-state index in [2.05, 4.69) is 16.2 Å². The Kier molecular flexibility index (Phi) is 4.28. The third-order valence-electron chi connectivity index (χ3n) is 3.06. The van der Waals surface area contributed by atoms with Gasteiger partial charge in [-0.3, -0.25) is 0 Å². The first kappa shape index (κ1) is 13.5. The van der Waals surface area contributed by atoms with E-state index >= 15 is 0 Å². The number of benzene rings is 1. The number of hydrogen-bond acceptors (Lipinski definition) is 6. The Morgan fingerprint density at radius 3 is 3.05 bits per heavy atom. The Hall–Kier alpha value is -1.45. The Morgan fingerprint density at radius 2 is 2.25 bits per heavy atom. The zero-order valence-corrected chi connectivity index (χ0v) is 12.4.